The number of rotatable bonds is 4. The molecule has 130 valence electrons. The minimum Gasteiger partial charge on any atom is -0.311 e. The zero-order valence-electron chi connectivity index (χ0n) is 14.9. The predicted octanol–water partition coefficient (Wildman–Crippen LogP) is 3.44. The van der Waals surface area contributed by atoms with Gasteiger partial charge in [0.1, 0.15) is 11.4 Å². The van der Waals surface area contributed by atoms with Gasteiger partial charge >= 0.3 is 0 Å². The van der Waals surface area contributed by atoms with E-state index in [1.807, 2.05) is 52.0 Å². The third-order valence-electron chi connectivity index (χ3n) is 4.39. The lowest BCUT2D eigenvalue weighted by Crippen LogP contribution is -2.36. The predicted molar refractivity (Wildman–Crippen MR) is 103 cm³/mol. The Kier molecular flexibility index (Phi) is 4.72. The van der Waals surface area contributed by atoms with Gasteiger partial charge in [-0.3, -0.25) is 14.2 Å². The SMILES string of the molecule is CCN(C(=O)Cn1cnc2sc(C)c(C)c2c1=O)c1cccc(C)c1. The van der Waals surface area contributed by atoms with E-state index in [0.29, 0.717) is 11.9 Å². The number of hydrogen-bond acceptors (Lipinski definition) is 4. The van der Waals surface area contributed by atoms with Crippen LogP contribution in [-0.4, -0.2) is 22.0 Å². The number of anilines is 1. The Balaban J connectivity index is 1.94. The van der Waals surface area contributed by atoms with E-state index in [1.54, 1.807) is 4.90 Å². The highest BCUT2D eigenvalue weighted by Crippen LogP contribution is 2.25. The zero-order chi connectivity index (χ0) is 18.1. The number of fused-ring (bicyclic) bond motifs is 1. The number of aryl methyl sites for hydroxylation is 3. The standard InChI is InChI=1S/C19H21N3O2S/c1-5-22(15-8-6-7-12(2)9-15)16(23)10-21-11-20-18-17(19(21)24)13(3)14(4)25-18/h6-9,11H,5,10H2,1-4H3. The Morgan fingerprint density at radius 3 is 2.72 bits per heavy atom. The van der Waals surface area contributed by atoms with Crippen LogP contribution >= 0.6 is 11.3 Å². The molecule has 2 aromatic heterocycles. The number of carbonyl (C=O) groups is 1. The van der Waals surface area contributed by atoms with Gasteiger partial charge in [-0.05, 0) is 51.0 Å². The topological polar surface area (TPSA) is 55.2 Å². The summed E-state index contributed by atoms with van der Waals surface area (Å²) in [6.45, 7) is 8.35. The number of hydrogen-bond donors (Lipinski definition) is 0. The van der Waals surface area contributed by atoms with E-state index in [2.05, 4.69) is 4.98 Å². The number of benzene rings is 1. The van der Waals surface area contributed by atoms with Crippen LogP contribution in [0.5, 0.6) is 0 Å². The molecule has 6 heteroatoms. The van der Waals surface area contributed by atoms with Gasteiger partial charge in [0.05, 0.1) is 11.7 Å². The van der Waals surface area contributed by atoms with Crippen molar-refractivity contribution in [2.75, 3.05) is 11.4 Å². The van der Waals surface area contributed by atoms with Crippen LogP contribution in [0.15, 0.2) is 35.4 Å². The lowest BCUT2D eigenvalue weighted by Gasteiger charge is -2.22. The first kappa shape index (κ1) is 17.4. The van der Waals surface area contributed by atoms with Gasteiger partial charge in [0.2, 0.25) is 5.91 Å². The fourth-order valence-corrected chi connectivity index (χ4v) is 3.90. The van der Waals surface area contributed by atoms with Crippen molar-refractivity contribution in [2.45, 2.75) is 34.2 Å². The van der Waals surface area contributed by atoms with Crippen molar-refractivity contribution in [3.63, 3.8) is 0 Å². The van der Waals surface area contributed by atoms with Gasteiger partial charge in [0, 0.05) is 17.1 Å². The summed E-state index contributed by atoms with van der Waals surface area (Å²) in [5, 5.41) is 0.622. The van der Waals surface area contributed by atoms with E-state index in [4.69, 9.17) is 0 Å². The largest absolute Gasteiger partial charge is 0.311 e. The molecule has 0 atom stereocenters. The number of nitrogens with zero attached hydrogens (tertiary/aromatic N) is 3. The highest BCUT2D eigenvalue weighted by Gasteiger charge is 2.17. The minimum atomic E-state index is -0.152. The molecule has 0 aliphatic rings. The maximum Gasteiger partial charge on any atom is 0.262 e. The van der Waals surface area contributed by atoms with Crippen molar-refractivity contribution in [3.05, 3.63) is 57.0 Å². The second-order valence-corrected chi connectivity index (χ2v) is 7.32. The van der Waals surface area contributed by atoms with Gasteiger partial charge in [0.15, 0.2) is 0 Å². The Hall–Kier alpha value is -2.47. The molecule has 1 amide bonds. The maximum absolute atomic E-state index is 12.8. The van der Waals surface area contributed by atoms with Crippen LogP contribution in [0.3, 0.4) is 0 Å². The first-order chi connectivity index (χ1) is 11.9. The van der Waals surface area contributed by atoms with E-state index in [0.717, 1.165) is 26.5 Å². The average Bonchev–Trinajstić information content (AvgIpc) is 2.86. The number of amides is 1. The molecule has 0 N–H and O–H groups in total. The molecule has 2 heterocycles. The molecular weight excluding hydrogens is 334 g/mol. The number of likely N-dealkylation sites (N-methyl/N-ethyl adjacent to an activating group) is 1. The molecule has 3 aromatic rings. The molecule has 3 rings (SSSR count). The van der Waals surface area contributed by atoms with Crippen molar-refractivity contribution in [2.24, 2.45) is 0 Å². The highest BCUT2D eigenvalue weighted by atomic mass is 32.1. The minimum absolute atomic E-state index is 0.0160. The highest BCUT2D eigenvalue weighted by molar-refractivity contribution is 7.18. The lowest BCUT2D eigenvalue weighted by molar-refractivity contribution is -0.119. The number of thiophene rings is 1. The molecule has 0 aliphatic heterocycles. The van der Waals surface area contributed by atoms with Crippen molar-refractivity contribution in [1.82, 2.24) is 9.55 Å². The first-order valence-electron chi connectivity index (χ1n) is 8.24. The van der Waals surface area contributed by atoms with Crippen molar-refractivity contribution in [3.8, 4) is 0 Å². The molecule has 0 radical (unpaired) electrons. The molecule has 0 bridgehead atoms. The summed E-state index contributed by atoms with van der Waals surface area (Å²) in [4.78, 5) is 33.4. The normalized spacial score (nSPS) is 11.0. The fraction of sp³-hybridized carbons (Fsp3) is 0.316. The summed E-state index contributed by atoms with van der Waals surface area (Å²) < 4.78 is 1.41. The van der Waals surface area contributed by atoms with E-state index >= 15 is 0 Å². The van der Waals surface area contributed by atoms with Gasteiger partial charge in [-0.25, -0.2) is 4.98 Å². The molecule has 0 saturated carbocycles. The molecule has 5 nitrogen and oxygen atoms in total. The molecule has 25 heavy (non-hydrogen) atoms. The van der Waals surface area contributed by atoms with Crippen LogP contribution < -0.4 is 10.5 Å². The Morgan fingerprint density at radius 1 is 1.28 bits per heavy atom. The second kappa shape index (κ2) is 6.80. The molecular formula is C19H21N3O2S. The fourth-order valence-electron chi connectivity index (χ4n) is 2.91. The van der Waals surface area contributed by atoms with E-state index in [1.165, 1.54) is 22.2 Å². The Labute approximate surface area is 150 Å². The van der Waals surface area contributed by atoms with E-state index in [9.17, 15) is 9.59 Å². The lowest BCUT2D eigenvalue weighted by atomic mass is 10.2. The summed E-state index contributed by atoms with van der Waals surface area (Å²) >= 11 is 1.51. The maximum atomic E-state index is 12.8. The van der Waals surface area contributed by atoms with Crippen LogP contribution in [0.4, 0.5) is 5.69 Å². The Morgan fingerprint density at radius 2 is 2.04 bits per heavy atom. The molecule has 0 fully saturated rings. The molecule has 0 saturated heterocycles. The van der Waals surface area contributed by atoms with E-state index < -0.39 is 0 Å². The van der Waals surface area contributed by atoms with Crippen molar-refractivity contribution in [1.29, 1.82) is 0 Å². The van der Waals surface area contributed by atoms with Gasteiger partial charge in [-0.15, -0.1) is 11.3 Å². The summed E-state index contributed by atoms with van der Waals surface area (Å²) in [5.41, 5.74) is 2.73. The van der Waals surface area contributed by atoms with Crippen molar-refractivity contribution >= 4 is 33.1 Å². The van der Waals surface area contributed by atoms with Gasteiger partial charge in [-0.2, -0.15) is 0 Å². The zero-order valence-corrected chi connectivity index (χ0v) is 15.7. The smallest absolute Gasteiger partial charge is 0.262 e. The summed E-state index contributed by atoms with van der Waals surface area (Å²) in [6, 6.07) is 7.80. The molecule has 0 unspecified atom stereocenters. The van der Waals surface area contributed by atoms with Crippen molar-refractivity contribution < 1.29 is 4.79 Å². The van der Waals surface area contributed by atoms with Gasteiger partial charge in [0.25, 0.3) is 5.56 Å². The van der Waals surface area contributed by atoms with Crippen LogP contribution in [0.2, 0.25) is 0 Å². The summed E-state index contributed by atoms with van der Waals surface area (Å²) in [5.74, 6) is -0.124. The first-order valence-corrected chi connectivity index (χ1v) is 9.06. The van der Waals surface area contributed by atoms with Crippen LogP contribution in [0.25, 0.3) is 10.2 Å². The summed E-state index contributed by atoms with van der Waals surface area (Å²) in [7, 11) is 0. The molecule has 0 spiro atoms. The van der Waals surface area contributed by atoms with Crippen LogP contribution in [0, 0.1) is 20.8 Å². The third kappa shape index (κ3) is 3.22. The van der Waals surface area contributed by atoms with Crippen LogP contribution in [0.1, 0.15) is 22.9 Å². The quantitative estimate of drug-likeness (QED) is 0.720. The van der Waals surface area contributed by atoms with Crippen LogP contribution in [-0.2, 0) is 11.3 Å². The van der Waals surface area contributed by atoms with Gasteiger partial charge < -0.3 is 4.90 Å². The average molecular weight is 355 g/mol. The van der Waals surface area contributed by atoms with E-state index in [-0.39, 0.29) is 18.0 Å². The molecule has 0 aliphatic carbocycles. The third-order valence-corrected chi connectivity index (χ3v) is 5.51. The summed E-state index contributed by atoms with van der Waals surface area (Å²) in [6.07, 6.45) is 1.47. The Bertz CT molecular complexity index is 1000. The molecule has 1 aromatic carbocycles. The number of carbonyl (C=O) groups excluding carboxylic acids is 1. The van der Waals surface area contributed by atoms with Gasteiger partial charge in [-0.1, -0.05) is 12.1 Å². The number of aromatic nitrogens is 2. The second-order valence-electron chi connectivity index (χ2n) is 6.12. The monoisotopic (exact) mass is 355 g/mol.